The van der Waals surface area contributed by atoms with Crippen LogP contribution in [-0.2, 0) is 37.9 Å². The van der Waals surface area contributed by atoms with Crippen LogP contribution >= 0.6 is 0 Å². The smallest absolute Gasteiger partial charge is 1.00 e. The standard InChI is InChI=1S/C13H23NO4.4C11H19NO4.C9H17NO4.C9H15NO2.2C7H14O2.C4H8O2.3C2H6.C2H3.BrH.Mg/c1-6-10(15)8-14(9-11(16)7-2)12(17)18-13(3,4)5;4*1-11(2,3)16-10(15)12-6-8(13)4-5-9(14)7-12;1-9(2,3)14-8(13)10-4-6(11)7(12)5-10;1-9(2,3)12-8(11)10-6-4-5-7-10;2*8-6-2-1-3-7(9)5-4-6;5-4-2-1-3-6-4;4*1-2;;/h6-7,10-11,15-16H,1-2,8-9H2,3-5H3;4*4-5,8-9,13-14H,6-7H2,1-3H3;6-7,11-12H,4-5H2,1-3H3;4-5H,6-7H2,1-3H3;2*6-9H,1-5H2;4-5H,1-3H2;3*1-2H3;1H,2H2;1H;/q;;;;;;;;;;;;;-1;;+2/p-1/t;2*8-,9+;2*8-,9-;6-,7+;;6-,7+;6-,7-;;;;;;;/m...11...0......./s1/i;;;;;;;;;;3*1D;;;. The molecule has 9 aliphatic rings. The molecule has 142 heavy (non-hydrogen) atoms. The molecule has 0 bridgehead atoms. The van der Waals surface area contributed by atoms with Crippen LogP contribution in [0, 0.1) is 6.58 Å². The Kier molecular flexibility index (Phi) is 77.5. The van der Waals surface area contributed by atoms with E-state index in [0.717, 1.165) is 83.7 Å². The number of amides is 7. The quantitative estimate of drug-likeness (QED) is 0.0423. The summed E-state index contributed by atoms with van der Waals surface area (Å²) in [5.74, 6) is 0. The van der Waals surface area contributed by atoms with Crippen molar-refractivity contribution in [3.63, 3.8) is 0 Å². The van der Waals surface area contributed by atoms with Crippen LogP contribution < -0.4 is 17.0 Å². The zero-order valence-electron chi connectivity index (χ0n) is 92.6. The van der Waals surface area contributed by atoms with E-state index in [1.807, 2.05) is 32.9 Å². The molecule has 7 heterocycles. The number of likely N-dealkylation sites (tertiary alicyclic amines) is 1. The Labute approximate surface area is 879 Å². The van der Waals surface area contributed by atoms with Crippen molar-refractivity contribution >= 4 is 65.7 Å². The number of carbonyl (C=O) groups is 7. The van der Waals surface area contributed by atoms with E-state index < -0.39 is 150 Å². The van der Waals surface area contributed by atoms with Gasteiger partial charge in [-0.05, 0) is 216 Å². The number of hydrogen-bond acceptors (Lipinski definition) is 32. The van der Waals surface area contributed by atoms with Crippen LogP contribution in [0.1, 0.15) is 268 Å². The van der Waals surface area contributed by atoms with Crippen LogP contribution in [-0.4, -0.2) is 428 Å². The van der Waals surface area contributed by atoms with Crippen molar-refractivity contribution in [1.82, 2.24) is 34.3 Å². The third-order valence-corrected chi connectivity index (χ3v) is 18.2. The first-order valence-electron chi connectivity index (χ1n) is 49.9. The summed E-state index contributed by atoms with van der Waals surface area (Å²) in [5, 5.41) is 158. The number of nitrogens with zero attached hydrogens (tertiary/aromatic N) is 7. The van der Waals surface area contributed by atoms with Crippen molar-refractivity contribution < 1.29 is 179 Å². The Hall–Kier alpha value is -6.66. The molecule has 0 radical (unpaired) electrons. The summed E-state index contributed by atoms with van der Waals surface area (Å²) in [6.45, 7) is 61.7. The number of halogens is 1. The Balaban J connectivity index is -0.000000290. The van der Waals surface area contributed by atoms with Crippen LogP contribution in [0.15, 0.2) is 92.6 Å². The van der Waals surface area contributed by atoms with Gasteiger partial charge in [0.25, 0.3) is 0 Å². The minimum Gasteiger partial charge on any atom is -1.00 e. The number of carbonyl (C=O) groups excluding carboxylic acids is 7. The van der Waals surface area contributed by atoms with Gasteiger partial charge in [0.2, 0.25) is 0 Å². The van der Waals surface area contributed by atoms with Gasteiger partial charge >= 0.3 is 65.7 Å². The van der Waals surface area contributed by atoms with Crippen LogP contribution in [0.3, 0.4) is 0 Å². The number of rotatable bonds is 6. The van der Waals surface area contributed by atoms with E-state index in [9.17, 15) is 94.8 Å². The predicted octanol–water partition coefficient (Wildman–Crippen LogP) is 6.90. The molecule has 828 valence electrons. The van der Waals surface area contributed by atoms with Crippen LogP contribution in [0.2, 0.25) is 0 Å². The van der Waals surface area contributed by atoms with Gasteiger partial charge < -0.3 is 183 Å². The van der Waals surface area contributed by atoms with Crippen LogP contribution in [0.4, 0.5) is 33.6 Å². The number of hydrogen-bond donors (Lipinski definition) is 17. The molecule has 7 amide bonds. The molecular formula is C101H188BrMgN7O32. The summed E-state index contributed by atoms with van der Waals surface area (Å²) in [4.78, 5) is 90.9. The van der Waals surface area contributed by atoms with Gasteiger partial charge in [-0.2, -0.15) is 0 Å². The summed E-state index contributed by atoms with van der Waals surface area (Å²) >= 11 is 0. The van der Waals surface area contributed by atoms with Gasteiger partial charge in [0.05, 0.1) is 176 Å². The average molecular weight is 2120 g/mol. The topological polar surface area (TPSA) is 560 Å². The molecule has 39 nitrogen and oxygen atoms in total. The Morgan fingerprint density at radius 1 is 0.352 bits per heavy atom. The van der Waals surface area contributed by atoms with E-state index in [4.69, 9.17) is 67.5 Å². The summed E-state index contributed by atoms with van der Waals surface area (Å²) in [7, 11) is 0. The fourth-order valence-corrected chi connectivity index (χ4v) is 12.0. The van der Waals surface area contributed by atoms with Gasteiger partial charge in [0, 0.05) is 30.2 Å². The molecule has 3 unspecified atom stereocenters. The molecule has 2 saturated heterocycles. The third-order valence-electron chi connectivity index (χ3n) is 18.2. The van der Waals surface area contributed by atoms with E-state index in [0.29, 0.717) is 33.8 Å². The Morgan fingerprint density at radius 2 is 0.542 bits per heavy atom. The first kappa shape index (κ1) is 142. The van der Waals surface area contributed by atoms with Gasteiger partial charge in [-0.25, -0.2) is 33.6 Å². The average Bonchev–Trinajstić information content (AvgIpc) is 1.73. The first-order valence-corrected chi connectivity index (χ1v) is 47.8. The van der Waals surface area contributed by atoms with E-state index in [2.05, 4.69) is 26.3 Å². The van der Waals surface area contributed by atoms with Gasteiger partial charge in [0.15, 0.2) is 6.29 Å². The van der Waals surface area contributed by atoms with Gasteiger partial charge in [-0.1, -0.05) is 114 Å². The molecule has 17 atom stereocenters. The molecule has 2 aliphatic carbocycles. The summed E-state index contributed by atoms with van der Waals surface area (Å²) in [6, 6.07) is 0. The summed E-state index contributed by atoms with van der Waals surface area (Å²) < 4.78 is 59.4. The van der Waals surface area contributed by atoms with Crippen molar-refractivity contribution in [1.29, 1.82) is 0 Å². The molecule has 0 aromatic carbocycles. The molecule has 0 aromatic rings. The number of β-amino-alcohol motifs (C(OH)–C–C–N with tert-alkyl or cyclic N) is 10. The van der Waals surface area contributed by atoms with E-state index in [1.165, 1.54) is 90.2 Å². The molecule has 2 saturated carbocycles. The number of aliphatic hydroxyl groups excluding tert-OH is 17. The first-order chi connectivity index (χ1) is 65.8. The van der Waals surface area contributed by atoms with Crippen molar-refractivity contribution in [3.05, 3.63) is 99.2 Å². The molecule has 17 N–H and O–H groups in total. The van der Waals surface area contributed by atoms with E-state index in [-0.39, 0.29) is 155 Å². The molecule has 0 aromatic heterocycles. The number of aliphatic hydroxyl groups is 17. The SMILES string of the molecule is C=CC(O)CN(CC(O)C=C)C(=O)OC(C)(C)C.CC(C)(C)OC(=O)N1CC=CC1.CC(C)(C)OC(=O)N1C[C@@H](O)[C@@H](O)C1.CC(C)(C)OC(=O)N1C[C@H](O)C=C[C@@H](O)C1.CC(C)(C)OC(=O)N1C[C@H](O)C=C[C@@H](O)C1.CC(C)(C)OC(=O)N1C[C@H](O)C=C[C@H](O)C1.CC(C)(C)OC(=O)N1C[C@H](O)C=C[C@H](O)C1.OC1CCCO1.O[C@@H]1CCC[C@H](O)CC1.O[C@H]1CCC[C@H](O)CC1.[2H]CC.[2H]CC.[2H]CC.[Br-].[CH-]=C.[Mg+2]. The van der Waals surface area contributed by atoms with Crippen molar-refractivity contribution in [2.45, 2.75) is 407 Å². The number of ether oxygens (including phenoxy) is 8. The fraction of sp³-hybridized carbons (Fsp3) is 0.772. The Morgan fingerprint density at radius 3 is 0.704 bits per heavy atom. The largest absolute Gasteiger partial charge is 2.00 e. The maximum absolute atomic E-state index is 11.9. The summed E-state index contributed by atoms with van der Waals surface area (Å²) in [5.41, 5.74) is -3.87. The molecule has 7 aliphatic heterocycles. The van der Waals surface area contributed by atoms with E-state index in [1.54, 1.807) is 150 Å². The molecule has 9 rings (SSSR count). The second kappa shape index (κ2) is 77.7. The monoisotopic (exact) mass is 2120 g/mol. The molecule has 0 spiro atoms. The maximum Gasteiger partial charge on any atom is 2.00 e. The minimum atomic E-state index is -0.866. The second-order valence-electron chi connectivity index (χ2n) is 40.1. The minimum absolute atomic E-state index is 0. The summed E-state index contributed by atoms with van der Waals surface area (Å²) in [6.07, 6.45) is 14.8. The van der Waals surface area contributed by atoms with Gasteiger partial charge in [-0.3, -0.25) is 6.58 Å². The fourth-order valence-electron chi connectivity index (χ4n) is 12.0. The maximum atomic E-state index is 11.9. The third kappa shape index (κ3) is 82.4. The van der Waals surface area contributed by atoms with E-state index >= 15 is 0 Å². The predicted molar refractivity (Wildman–Crippen MR) is 544 cm³/mol. The van der Waals surface area contributed by atoms with Crippen LogP contribution in [0.25, 0.3) is 0 Å². The van der Waals surface area contributed by atoms with Crippen LogP contribution in [0.5, 0.6) is 0 Å². The Bertz CT molecular complexity index is 3230. The van der Waals surface area contributed by atoms with Gasteiger partial charge in [-0.15, -0.1) is 13.2 Å². The molecule has 4 fully saturated rings. The molecule has 41 heteroatoms. The van der Waals surface area contributed by atoms with Crippen molar-refractivity contribution in [2.75, 3.05) is 98.2 Å². The second-order valence-corrected chi connectivity index (χ2v) is 40.1. The zero-order valence-corrected chi connectivity index (χ0v) is 92.6. The van der Waals surface area contributed by atoms with Crippen molar-refractivity contribution in [3.8, 4) is 0 Å². The van der Waals surface area contributed by atoms with Gasteiger partial charge in [0.1, 0.15) is 39.2 Å². The molecular weight excluding hydrogens is 1930 g/mol. The zero-order chi connectivity index (χ0) is 112. The van der Waals surface area contributed by atoms with Crippen molar-refractivity contribution in [2.24, 2.45) is 0 Å². The normalized spacial score (nSPS) is 24.6.